The first-order valence-corrected chi connectivity index (χ1v) is 4.58. The zero-order valence-corrected chi connectivity index (χ0v) is 7.94. The number of hydrogen-bond donors (Lipinski definition) is 1. The molecular weight excluding hydrogens is 178 g/mol. The van der Waals surface area contributed by atoms with Crippen LogP contribution >= 0.6 is 0 Å². The van der Waals surface area contributed by atoms with Crippen molar-refractivity contribution in [3.63, 3.8) is 0 Å². The molecule has 5 nitrogen and oxygen atoms in total. The van der Waals surface area contributed by atoms with Crippen molar-refractivity contribution < 1.29 is 0 Å². The Balaban J connectivity index is 2.36. The van der Waals surface area contributed by atoms with Gasteiger partial charge in [0.05, 0.1) is 6.33 Å². The van der Waals surface area contributed by atoms with Crippen molar-refractivity contribution in [1.82, 2.24) is 19.9 Å². The lowest BCUT2D eigenvalue weighted by Crippen LogP contribution is -1.82. The molecule has 0 saturated carbocycles. The largest absolute Gasteiger partial charge is 0.340 e. The number of H-pyrrole nitrogens is 1. The van der Waals surface area contributed by atoms with Gasteiger partial charge in [-0.3, -0.25) is 0 Å². The van der Waals surface area contributed by atoms with Crippen molar-refractivity contribution >= 4 is 23.2 Å². The third-order valence-corrected chi connectivity index (χ3v) is 1.83. The third-order valence-electron chi connectivity index (χ3n) is 1.83. The monoisotopic (exact) mass is 189 g/mol. The number of aromatic amines is 1. The molecule has 0 unspecified atom stereocenters. The van der Waals surface area contributed by atoms with Crippen LogP contribution in [0.5, 0.6) is 0 Å². The number of fused-ring (bicyclic) bond motifs is 1. The van der Waals surface area contributed by atoms with Gasteiger partial charge in [0.15, 0.2) is 11.5 Å². The van der Waals surface area contributed by atoms with Crippen molar-refractivity contribution in [1.29, 1.82) is 0 Å². The van der Waals surface area contributed by atoms with Crippen molar-refractivity contribution in [2.45, 2.75) is 19.8 Å². The van der Waals surface area contributed by atoms with E-state index in [-0.39, 0.29) is 0 Å². The zero-order chi connectivity index (χ0) is 9.80. The van der Waals surface area contributed by atoms with Crippen LogP contribution in [-0.4, -0.2) is 26.2 Å². The maximum Gasteiger partial charge on any atom is 0.182 e. The Kier molecular flexibility index (Phi) is 2.48. The van der Waals surface area contributed by atoms with E-state index >= 15 is 0 Å². The van der Waals surface area contributed by atoms with Gasteiger partial charge in [0.2, 0.25) is 0 Å². The Labute approximate surface area is 81.3 Å². The summed E-state index contributed by atoms with van der Waals surface area (Å²) in [6.45, 7) is 2.11. The highest BCUT2D eigenvalue weighted by Gasteiger charge is 2.02. The minimum atomic E-state index is 0.654. The maximum atomic E-state index is 4.25. The van der Waals surface area contributed by atoms with Crippen LogP contribution in [-0.2, 0) is 0 Å². The number of nitrogens with one attached hydrogen (secondary N) is 1. The van der Waals surface area contributed by atoms with Gasteiger partial charge in [0.1, 0.15) is 11.8 Å². The average molecular weight is 189 g/mol. The second-order valence-electron chi connectivity index (χ2n) is 2.90. The van der Waals surface area contributed by atoms with E-state index in [1.807, 2.05) is 6.21 Å². The molecule has 0 saturated heterocycles. The SMILES string of the molecule is CCCC=Nc1ncnc2nc[nH]c12. The number of aromatic nitrogens is 4. The molecule has 0 atom stereocenters. The predicted molar refractivity (Wildman–Crippen MR) is 54.7 cm³/mol. The predicted octanol–water partition coefficient (Wildman–Crippen LogP) is 1.86. The first-order chi connectivity index (χ1) is 6.92. The topological polar surface area (TPSA) is 66.8 Å². The Morgan fingerprint density at radius 1 is 1.43 bits per heavy atom. The zero-order valence-electron chi connectivity index (χ0n) is 7.94. The summed E-state index contributed by atoms with van der Waals surface area (Å²) in [5, 5.41) is 0. The van der Waals surface area contributed by atoms with E-state index in [0.717, 1.165) is 18.4 Å². The van der Waals surface area contributed by atoms with Crippen LogP contribution < -0.4 is 0 Å². The van der Waals surface area contributed by atoms with Crippen molar-refractivity contribution in [3.05, 3.63) is 12.7 Å². The fourth-order valence-electron chi connectivity index (χ4n) is 1.13. The molecule has 0 aliphatic carbocycles. The first kappa shape index (κ1) is 8.80. The van der Waals surface area contributed by atoms with Crippen LogP contribution in [0.2, 0.25) is 0 Å². The normalized spacial score (nSPS) is 11.5. The summed E-state index contributed by atoms with van der Waals surface area (Å²) in [7, 11) is 0. The van der Waals surface area contributed by atoms with E-state index < -0.39 is 0 Å². The van der Waals surface area contributed by atoms with Crippen molar-refractivity contribution in [2.24, 2.45) is 4.99 Å². The molecule has 0 fully saturated rings. The number of nitrogens with zero attached hydrogens (tertiary/aromatic N) is 4. The summed E-state index contributed by atoms with van der Waals surface area (Å²) in [6, 6.07) is 0. The van der Waals surface area contributed by atoms with Crippen LogP contribution in [0.3, 0.4) is 0 Å². The fourth-order valence-corrected chi connectivity index (χ4v) is 1.13. The van der Waals surface area contributed by atoms with E-state index in [9.17, 15) is 0 Å². The molecule has 0 amide bonds. The molecular formula is C9H11N5. The van der Waals surface area contributed by atoms with Gasteiger partial charge >= 0.3 is 0 Å². The number of rotatable bonds is 3. The summed E-state index contributed by atoms with van der Waals surface area (Å²) in [5.41, 5.74) is 1.45. The lowest BCUT2D eigenvalue weighted by molar-refractivity contribution is 1.01. The van der Waals surface area contributed by atoms with Gasteiger partial charge in [0.25, 0.3) is 0 Å². The number of hydrogen-bond acceptors (Lipinski definition) is 4. The Morgan fingerprint density at radius 3 is 3.21 bits per heavy atom. The summed E-state index contributed by atoms with van der Waals surface area (Å²) in [6.07, 6.45) is 6.98. The van der Waals surface area contributed by atoms with E-state index in [4.69, 9.17) is 0 Å². The van der Waals surface area contributed by atoms with Crippen LogP contribution in [0.15, 0.2) is 17.6 Å². The fraction of sp³-hybridized carbons (Fsp3) is 0.333. The number of imidazole rings is 1. The summed E-state index contributed by atoms with van der Waals surface area (Å²) in [5.74, 6) is 0.654. The first-order valence-electron chi connectivity index (χ1n) is 4.58. The smallest absolute Gasteiger partial charge is 0.182 e. The molecule has 0 aliphatic heterocycles. The maximum absolute atomic E-state index is 4.25. The van der Waals surface area contributed by atoms with Crippen molar-refractivity contribution in [2.75, 3.05) is 0 Å². The van der Waals surface area contributed by atoms with Crippen molar-refractivity contribution in [3.8, 4) is 0 Å². The van der Waals surface area contributed by atoms with Crippen LogP contribution in [0.1, 0.15) is 19.8 Å². The number of aliphatic imine (C=N–C) groups is 1. The molecule has 2 rings (SSSR count). The molecule has 0 aromatic carbocycles. The van der Waals surface area contributed by atoms with Crippen LogP contribution in [0.4, 0.5) is 5.82 Å². The molecule has 2 aromatic heterocycles. The highest BCUT2D eigenvalue weighted by atomic mass is 15.0. The average Bonchev–Trinajstić information content (AvgIpc) is 2.67. The molecule has 0 aliphatic rings. The molecule has 14 heavy (non-hydrogen) atoms. The second kappa shape index (κ2) is 3.95. The Morgan fingerprint density at radius 2 is 2.36 bits per heavy atom. The Hall–Kier alpha value is -1.78. The quantitative estimate of drug-likeness (QED) is 0.749. The third kappa shape index (κ3) is 1.61. The van der Waals surface area contributed by atoms with Gasteiger partial charge in [0, 0.05) is 6.21 Å². The van der Waals surface area contributed by atoms with E-state index in [0.29, 0.717) is 11.5 Å². The lowest BCUT2D eigenvalue weighted by Gasteiger charge is -1.92. The highest BCUT2D eigenvalue weighted by molar-refractivity contribution is 5.82. The number of unbranched alkanes of at least 4 members (excludes halogenated alkanes) is 1. The minimum absolute atomic E-state index is 0.654. The second-order valence-corrected chi connectivity index (χ2v) is 2.90. The van der Waals surface area contributed by atoms with E-state index in [1.54, 1.807) is 6.33 Å². The molecule has 0 spiro atoms. The van der Waals surface area contributed by atoms with Gasteiger partial charge in [-0.25, -0.2) is 19.9 Å². The van der Waals surface area contributed by atoms with Crippen LogP contribution in [0.25, 0.3) is 11.2 Å². The van der Waals surface area contributed by atoms with Gasteiger partial charge in [-0.15, -0.1) is 0 Å². The molecule has 5 heteroatoms. The molecule has 72 valence electrons. The van der Waals surface area contributed by atoms with Gasteiger partial charge in [-0.05, 0) is 6.42 Å². The molecule has 2 aromatic rings. The van der Waals surface area contributed by atoms with E-state index in [2.05, 4.69) is 31.9 Å². The molecule has 0 bridgehead atoms. The van der Waals surface area contributed by atoms with Gasteiger partial charge in [-0.1, -0.05) is 13.3 Å². The summed E-state index contributed by atoms with van der Waals surface area (Å²) < 4.78 is 0. The lowest BCUT2D eigenvalue weighted by atomic mass is 10.4. The van der Waals surface area contributed by atoms with E-state index in [1.165, 1.54) is 6.33 Å². The van der Waals surface area contributed by atoms with Gasteiger partial charge in [-0.2, -0.15) is 0 Å². The van der Waals surface area contributed by atoms with Gasteiger partial charge < -0.3 is 4.98 Å². The van der Waals surface area contributed by atoms with Crippen LogP contribution in [0, 0.1) is 0 Å². The summed E-state index contributed by atoms with van der Waals surface area (Å²) >= 11 is 0. The molecule has 1 N–H and O–H groups in total. The highest BCUT2D eigenvalue weighted by Crippen LogP contribution is 2.16. The Bertz CT molecular complexity index is 445. The molecule has 0 radical (unpaired) electrons. The minimum Gasteiger partial charge on any atom is -0.340 e. The molecule has 2 heterocycles. The summed E-state index contributed by atoms with van der Waals surface area (Å²) in [4.78, 5) is 19.3. The standard InChI is InChI=1S/C9H11N5/c1-2-3-4-10-8-7-9(12-5-11-7)14-6-13-8/h4-6H,2-3H2,1H3,(H,11,12,13,14).